The molecular formula is C13H9Cl2OP. The first kappa shape index (κ1) is 12.6. The molecule has 0 saturated heterocycles. The Bertz CT molecular complexity index is 512. The molecule has 0 saturated carbocycles. The number of rotatable bonds is 2. The Balaban J connectivity index is 2.45. The van der Waals surface area contributed by atoms with Crippen molar-refractivity contribution >= 4 is 37.7 Å². The van der Waals surface area contributed by atoms with Crippen molar-refractivity contribution in [3.8, 4) is 0 Å². The number of hydrogen-bond donors (Lipinski definition) is 0. The molecule has 1 unspecified atom stereocenters. The zero-order valence-corrected chi connectivity index (χ0v) is 11.2. The smallest absolute Gasteiger partial charge is 0.167 e. The molecule has 0 fully saturated rings. The van der Waals surface area contributed by atoms with Crippen LogP contribution in [-0.2, 0) is 4.57 Å². The van der Waals surface area contributed by atoms with Crippen LogP contribution in [0.3, 0.4) is 0 Å². The van der Waals surface area contributed by atoms with Crippen LogP contribution in [0.1, 0.15) is 5.56 Å². The first-order valence-electron chi connectivity index (χ1n) is 5.05. The molecule has 1 nitrogen and oxygen atoms in total. The van der Waals surface area contributed by atoms with Crippen LogP contribution in [-0.4, -0.2) is 5.66 Å². The Morgan fingerprint density at radius 1 is 1.18 bits per heavy atom. The summed E-state index contributed by atoms with van der Waals surface area (Å²) in [6, 6.07) is 5.37. The fourth-order valence-corrected chi connectivity index (χ4v) is 2.55. The SMILES string of the molecule is O=PC1C=CC=CC1=Cc1c(Cl)cccc1Cl. The largest absolute Gasteiger partial charge is 0.274 e. The highest BCUT2D eigenvalue weighted by Gasteiger charge is 2.12. The normalized spacial score (nSPS) is 21.3. The maximum absolute atomic E-state index is 11.0. The third-order valence-corrected chi connectivity index (χ3v) is 3.82. The van der Waals surface area contributed by atoms with Crippen molar-refractivity contribution in [2.75, 3.05) is 0 Å². The van der Waals surface area contributed by atoms with E-state index in [1.165, 1.54) is 0 Å². The Morgan fingerprint density at radius 2 is 1.88 bits per heavy atom. The van der Waals surface area contributed by atoms with Gasteiger partial charge >= 0.3 is 0 Å². The average Bonchev–Trinajstić information content (AvgIpc) is 2.34. The van der Waals surface area contributed by atoms with Gasteiger partial charge in [-0.1, -0.05) is 53.6 Å². The molecule has 17 heavy (non-hydrogen) atoms. The van der Waals surface area contributed by atoms with Crippen LogP contribution in [0.2, 0.25) is 10.0 Å². The van der Waals surface area contributed by atoms with E-state index in [0.29, 0.717) is 10.0 Å². The van der Waals surface area contributed by atoms with E-state index >= 15 is 0 Å². The maximum Gasteiger partial charge on any atom is 0.167 e. The van der Waals surface area contributed by atoms with Crippen molar-refractivity contribution in [3.63, 3.8) is 0 Å². The van der Waals surface area contributed by atoms with Crippen molar-refractivity contribution in [1.29, 1.82) is 0 Å². The minimum atomic E-state index is -0.132. The third-order valence-electron chi connectivity index (χ3n) is 2.46. The van der Waals surface area contributed by atoms with Crippen molar-refractivity contribution in [2.24, 2.45) is 0 Å². The predicted octanol–water partition coefficient (Wildman–Crippen LogP) is 5.16. The molecule has 0 aromatic heterocycles. The van der Waals surface area contributed by atoms with E-state index in [2.05, 4.69) is 0 Å². The van der Waals surface area contributed by atoms with Crippen LogP contribution in [0.5, 0.6) is 0 Å². The molecule has 1 atom stereocenters. The van der Waals surface area contributed by atoms with Crippen LogP contribution >= 0.6 is 31.7 Å². The van der Waals surface area contributed by atoms with E-state index < -0.39 is 0 Å². The van der Waals surface area contributed by atoms with Crippen molar-refractivity contribution < 1.29 is 4.57 Å². The van der Waals surface area contributed by atoms with E-state index in [1.807, 2.05) is 30.4 Å². The van der Waals surface area contributed by atoms with Gasteiger partial charge in [0, 0.05) is 15.6 Å². The topological polar surface area (TPSA) is 17.1 Å². The molecule has 0 aliphatic heterocycles. The highest BCUT2D eigenvalue weighted by molar-refractivity contribution is 7.25. The molecule has 0 amide bonds. The summed E-state index contributed by atoms with van der Waals surface area (Å²) >= 11 is 12.2. The van der Waals surface area contributed by atoms with Gasteiger partial charge in [-0.05, 0) is 23.8 Å². The standard InChI is InChI=1S/C13H9Cl2OP/c14-11-5-3-6-12(15)10(11)8-9-4-1-2-7-13(9)17-16/h1-8,13H. The van der Waals surface area contributed by atoms with E-state index in [1.54, 1.807) is 18.2 Å². The monoisotopic (exact) mass is 282 g/mol. The zero-order valence-electron chi connectivity index (χ0n) is 8.81. The van der Waals surface area contributed by atoms with Crippen LogP contribution in [0, 0.1) is 0 Å². The molecule has 0 heterocycles. The number of benzene rings is 1. The summed E-state index contributed by atoms with van der Waals surface area (Å²) in [6.07, 6.45) is 9.44. The minimum Gasteiger partial charge on any atom is -0.274 e. The fourth-order valence-electron chi connectivity index (χ4n) is 1.59. The molecule has 0 radical (unpaired) electrons. The number of halogens is 2. The number of hydrogen-bond acceptors (Lipinski definition) is 1. The van der Waals surface area contributed by atoms with Crippen molar-refractivity contribution in [1.82, 2.24) is 0 Å². The van der Waals surface area contributed by atoms with Gasteiger partial charge in [-0.2, -0.15) is 0 Å². The quantitative estimate of drug-likeness (QED) is 0.685. The van der Waals surface area contributed by atoms with E-state index in [4.69, 9.17) is 23.2 Å². The Hall–Kier alpha value is -0.880. The number of allylic oxidation sites excluding steroid dienone is 5. The van der Waals surface area contributed by atoms with E-state index in [9.17, 15) is 4.57 Å². The second-order valence-corrected chi connectivity index (χ2v) is 5.16. The molecule has 1 aliphatic rings. The summed E-state index contributed by atoms with van der Waals surface area (Å²) in [5, 5.41) is 1.18. The van der Waals surface area contributed by atoms with Gasteiger partial charge in [0.25, 0.3) is 0 Å². The van der Waals surface area contributed by atoms with Crippen molar-refractivity contribution in [2.45, 2.75) is 5.66 Å². The second-order valence-electron chi connectivity index (χ2n) is 3.57. The Kier molecular flexibility index (Phi) is 4.17. The summed E-state index contributed by atoms with van der Waals surface area (Å²) in [5.74, 6) is 0. The first-order valence-corrected chi connectivity index (χ1v) is 6.69. The highest BCUT2D eigenvalue weighted by atomic mass is 35.5. The molecule has 1 aromatic rings. The molecule has 1 aromatic carbocycles. The van der Waals surface area contributed by atoms with Crippen LogP contribution in [0.15, 0.2) is 48.1 Å². The van der Waals surface area contributed by atoms with Gasteiger partial charge in [-0.15, -0.1) is 0 Å². The van der Waals surface area contributed by atoms with Gasteiger partial charge in [0.1, 0.15) is 0 Å². The summed E-state index contributed by atoms with van der Waals surface area (Å²) in [5.41, 5.74) is 1.56. The lowest BCUT2D eigenvalue weighted by molar-refractivity contribution is 0.597. The van der Waals surface area contributed by atoms with E-state index in [-0.39, 0.29) is 14.1 Å². The van der Waals surface area contributed by atoms with Gasteiger partial charge in [-0.25, -0.2) is 0 Å². The molecule has 4 heteroatoms. The molecule has 1 aliphatic carbocycles. The summed E-state index contributed by atoms with van der Waals surface area (Å²) in [4.78, 5) is 0. The predicted molar refractivity (Wildman–Crippen MR) is 74.1 cm³/mol. The molecule has 0 spiro atoms. The van der Waals surface area contributed by atoms with Crippen LogP contribution in [0.25, 0.3) is 6.08 Å². The first-order chi connectivity index (χ1) is 8.22. The van der Waals surface area contributed by atoms with Gasteiger partial charge in [0.15, 0.2) is 8.46 Å². The van der Waals surface area contributed by atoms with Gasteiger partial charge in [0.05, 0.1) is 5.66 Å². The maximum atomic E-state index is 11.0. The lowest BCUT2D eigenvalue weighted by Crippen LogP contribution is -1.99. The van der Waals surface area contributed by atoms with Crippen molar-refractivity contribution in [3.05, 3.63) is 63.7 Å². The molecule has 0 N–H and O–H groups in total. The van der Waals surface area contributed by atoms with E-state index in [0.717, 1.165) is 11.1 Å². The summed E-state index contributed by atoms with van der Waals surface area (Å²) in [7, 11) is 0.0662. The van der Waals surface area contributed by atoms with Crippen LogP contribution < -0.4 is 0 Å². The van der Waals surface area contributed by atoms with Gasteiger partial charge in [0.2, 0.25) is 0 Å². The molecule has 86 valence electrons. The second kappa shape index (κ2) is 5.64. The summed E-state index contributed by atoms with van der Waals surface area (Å²) < 4.78 is 11.0. The Labute approximate surface area is 112 Å². The average molecular weight is 283 g/mol. The molecule has 2 rings (SSSR count). The summed E-state index contributed by atoms with van der Waals surface area (Å²) in [6.45, 7) is 0. The Morgan fingerprint density at radius 3 is 2.53 bits per heavy atom. The van der Waals surface area contributed by atoms with Gasteiger partial charge in [-0.3, -0.25) is 4.57 Å². The van der Waals surface area contributed by atoms with Crippen LogP contribution in [0.4, 0.5) is 0 Å². The zero-order chi connectivity index (χ0) is 12.3. The molecular weight excluding hydrogens is 274 g/mol. The lowest BCUT2D eigenvalue weighted by atomic mass is 10.0. The lowest BCUT2D eigenvalue weighted by Gasteiger charge is -2.10. The molecule has 0 bridgehead atoms. The fraction of sp³-hybridized carbons (Fsp3) is 0.0769. The minimum absolute atomic E-state index is 0.0662. The third kappa shape index (κ3) is 2.87. The highest BCUT2D eigenvalue weighted by Crippen LogP contribution is 2.31. The van der Waals surface area contributed by atoms with Gasteiger partial charge < -0.3 is 0 Å².